The third kappa shape index (κ3) is 3.88. The lowest BCUT2D eigenvalue weighted by molar-refractivity contribution is 0.410. The molecule has 0 bridgehead atoms. The van der Waals surface area contributed by atoms with E-state index in [1.165, 1.54) is 11.3 Å². The van der Waals surface area contributed by atoms with Gasteiger partial charge in [-0.25, -0.2) is 9.97 Å². The SMILES string of the molecule is Cc1nc(CNC2CCN(c3ccc(-c4cscn4)cc3)CC2)n[nH]1. The van der Waals surface area contributed by atoms with Crippen LogP contribution in [0.25, 0.3) is 11.3 Å². The van der Waals surface area contributed by atoms with Crippen LogP contribution in [-0.2, 0) is 6.54 Å². The smallest absolute Gasteiger partial charge is 0.164 e. The number of benzene rings is 1. The number of hydrogen-bond acceptors (Lipinski definition) is 6. The van der Waals surface area contributed by atoms with Crippen molar-refractivity contribution < 1.29 is 0 Å². The Morgan fingerprint density at radius 2 is 2.04 bits per heavy atom. The van der Waals surface area contributed by atoms with Crippen LogP contribution in [0.2, 0.25) is 0 Å². The monoisotopic (exact) mass is 354 g/mol. The Bertz CT molecular complexity index is 787. The summed E-state index contributed by atoms with van der Waals surface area (Å²) in [6.45, 7) is 4.80. The first-order valence-corrected chi connectivity index (χ1v) is 9.57. The van der Waals surface area contributed by atoms with Gasteiger partial charge < -0.3 is 10.2 Å². The molecule has 0 saturated carbocycles. The predicted molar refractivity (Wildman–Crippen MR) is 101 cm³/mol. The lowest BCUT2D eigenvalue weighted by atomic mass is 10.0. The second-order valence-electron chi connectivity index (χ2n) is 6.40. The number of aromatic amines is 1. The van der Waals surface area contributed by atoms with Gasteiger partial charge in [-0.1, -0.05) is 12.1 Å². The van der Waals surface area contributed by atoms with Crippen molar-refractivity contribution in [3.63, 3.8) is 0 Å². The molecule has 1 aromatic carbocycles. The average Bonchev–Trinajstić information content (AvgIpc) is 3.32. The summed E-state index contributed by atoms with van der Waals surface area (Å²) in [5.74, 6) is 1.71. The maximum absolute atomic E-state index is 4.37. The van der Waals surface area contributed by atoms with E-state index in [1.54, 1.807) is 11.3 Å². The Balaban J connectivity index is 1.29. The van der Waals surface area contributed by atoms with Crippen molar-refractivity contribution in [2.45, 2.75) is 32.4 Å². The highest BCUT2D eigenvalue weighted by molar-refractivity contribution is 7.07. The molecule has 4 rings (SSSR count). The number of nitrogens with one attached hydrogen (secondary N) is 2. The van der Waals surface area contributed by atoms with Gasteiger partial charge >= 0.3 is 0 Å². The highest BCUT2D eigenvalue weighted by Gasteiger charge is 2.19. The molecule has 0 unspecified atom stereocenters. The van der Waals surface area contributed by atoms with Gasteiger partial charge in [-0.15, -0.1) is 11.3 Å². The maximum atomic E-state index is 4.37. The average molecular weight is 354 g/mol. The van der Waals surface area contributed by atoms with Crippen LogP contribution in [0.4, 0.5) is 5.69 Å². The number of thiazole rings is 1. The second kappa shape index (κ2) is 7.33. The van der Waals surface area contributed by atoms with Crippen LogP contribution in [0.5, 0.6) is 0 Å². The Hall–Kier alpha value is -2.25. The van der Waals surface area contributed by atoms with Crippen LogP contribution in [0.3, 0.4) is 0 Å². The van der Waals surface area contributed by atoms with E-state index in [0.717, 1.165) is 49.8 Å². The molecule has 1 fully saturated rings. The molecule has 6 nitrogen and oxygen atoms in total. The zero-order valence-electron chi connectivity index (χ0n) is 14.3. The van der Waals surface area contributed by atoms with E-state index in [4.69, 9.17) is 0 Å². The molecule has 1 aliphatic heterocycles. The van der Waals surface area contributed by atoms with Gasteiger partial charge in [0.25, 0.3) is 0 Å². The van der Waals surface area contributed by atoms with Crippen molar-refractivity contribution in [1.82, 2.24) is 25.5 Å². The summed E-state index contributed by atoms with van der Waals surface area (Å²) in [5, 5.41) is 12.7. The van der Waals surface area contributed by atoms with Gasteiger partial charge in [0.1, 0.15) is 5.82 Å². The predicted octanol–water partition coefficient (Wildman–Crippen LogP) is 3.00. The van der Waals surface area contributed by atoms with Gasteiger partial charge in [-0.05, 0) is 31.9 Å². The summed E-state index contributed by atoms with van der Waals surface area (Å²) in [6, 6.07) is 9.28. The number of rotatable bonds is 5. The lowest BCUT2D eigenvalue weighted by Crippen LogP contribution is -2.42. The maximum Gasteiger partial charge on any atom is 0.164 e. The summed E-state index contributed by atoms with van der Waals surface area (Å²) < 4.78 is 0. The fourth-order valence-corrected chi connectivity index (χ4v) is 3.80. The van der Waals surface area contributed by atoms with Crippen LogP contribution in [0.15, 0.2) is 35.2 Å². The molecule has 0 atom stereocenters. The third-order valence-electron chi connectivity index (χ3n) is 4.65. The third-order valence-corrected chi connectivity index (χ3v) is 5.23. The zero-order chi connectivity index (χ0) is 17.1. The lowest BCUT2D eigenvalue weighted by Gasteiger charge is -2.34. The minimum absolute atomic E-state index is 0.532. The Morgan fingerprint density at radius 1 is 1.24 bits per heavy atom. The van der Waals surface area contributed by atoms with Crippen molar-refractivity contribution in [3.8, 4) is 11.3 Å². The molecule has 3 aromatic rings. The Labute approximate surface area is 151 Å². The number of H-pyrrole nitrogens is 1. The molecule has 2 aromatic heterocycles. The molecule has 2 N–H and O–H groups in total. The van der Waals surface area contributed by atoms with Crippen LogP contribution in [-0.4, -0.2) is 39.3 Å². The van der Waals surface area contributed by atoms with Crippen molar-refractivity contribution in [2.75, 3.05) is 18.0 Å². The zero-order valence-corrected chi connectivity index (χ0v) is 15.1. The van der Waals surface area contributed by atoms with Gasteiger partial charge in [0.15, 0.2) is 5.82 Å². The highest BCUT2D eigenvalue weighted by atomic mass is 32.1. The number of piperidine rings is 1. The van der Waals surface area contributed by atoms with Crippen molar-refractivity contribution in [3.05, 3.63) is 46.8 Å². The van der Waals surface area contributed by atoms with E-state index in [-0.39, 0.29) is 0 Å². The number of aryl methyl sites for hydroxylation is 1. The quantitative estimate of drug-likeness (QED) is 0.737. The fourth-order valence-electron chi connectivity index (χ4n) is 3.24. The number of hydrogen-bond donors (Lipinski definition) is 2. The number of anilines is 1. The van der Waals surface area contributed by atoms with Crippen LogP contribution in [0, 0.1) is 6.92 Å². The summed E-state index contributed by atoms with van der Waals surface area (Å²) in [6.07, 6.45) is 2.27. The molecule has 25 heavy (non-hydrogen) atoms. The van der Waals surface area contributed by atoms with Gasteiger partial charge in [-0.3, -0.25) is 5.10 Å². The van der Waals surface area contributed by atoms with Crippen LogP contribution >= 0.6 is 11.3 Å². The molecule has 130 valence electrons. The van der Waals surface area contributed by atoms with Gasteiger partial charge in [0.2, 0.25) is 0 Å². The highest BCUT2D eigenvalue weighted by Crippen LogP contribution is 2.25. The van der Waals surface area contributed by atoms with E-state index >= 15 is 0 Å². The van der Waals surface area contributed by atoms with E-state index in [1.807, 2.05) is 12.4 Å². The molecular formula is C18H22N6S. The largest absolute Gasteiger partial charge is 0.371 e. The van der Waals surface area contributed by atoms with Gasteiger partial charge in [-0.2, -0.15) is 5.10 Å². The van der Waals surface area contributed by atoms with Crippen molar-refractivity contribution >= 4 is 17.0 Å². The normalized spacial score (nSPS) is 15.6. The number of aromatic nitrogens is 4. The standard InChI is InChI=1S/C18H22N6S/c1-13-21-18(23-22-13)10-19-15-6-8-24(9-7-15)16-4-2-14(3-5-16)17-11-25-12-20-17/h2-5,11-12,15,19H,6-10H2,1H3,(H,21,22,23). The molecule has 3 heterocycles. The topological polar surface area (TPSA) is 69.7 Å². The van der Waals surface area contributed by atoms with E-state index in [2.05, 4.69) is 60.0 Å². The first-order chi connectivity index (χ1) is 12.3. The molecule has 1 aliphatic rings. The second-order valence-corrected chi connectivity index (χ2v) is 7.12. The Morgan fingerprint density at radius 3 is 2.68 bits per heavy atom. The molecule has 0 radical (unpaired) electrons. The van der Waals surface area contributed by atoms with E-state index in [0.29, 0.717) is 6.04 Å². The number of nitrogens with zero attached hydrogens (tertiary/aromatic N) is 4. The minimum Gasteiger partial charge on any atom is -0.371 e. The summed E-state index contributed by atoms with van der Waals surface area (Å²) in [5.41, 5.74) is 5.41. The Kier molecular flexibility index (Phi) is 4.76. The van der Waals surface area contributed by atoms with Gasteiger partial charge in [0.05, 0.1) is 17.7 Å². The van der Waals surface area contributed by atoms with E-state index < -0.39 is 0 Å². The summed E-state index contributed by atoms with van der Waals surface area (Å²) in [7, 11) is 0. The molecule has 7 heteroatoms. The van der Waals surface area contributed by atoms with Crippen LogP contribution < -0.4 is 10.2 Å². The van der Waals surface area contributed by atoms with Gasteiger partial charge in [0, 0.05) is 35.8 Å². The first-order valence-electron chi connectivity index (χ1n) is 8.63. The van der Waals surface area contributed by atoms with Crippen molar-refractivity contribution in [2.24, 2.45) is 0 Å². The molecular weight excluding hydrogens is 332 g/mol. The minimum atomic E-state index is 0.532. The molecule has 1 saturated heterocycles. The molecule has 0 spiro atoms. The summed E-state index contributed by atoms with van der Waals surface area (Å²) >= 11 is 1.63. The molecule has 0 aliphatic carbocycles. The van der Waals surface area contributed by atoms with Crippen molar-refractivity contribution in [1.29, 1.82) is 0 Å². The first kappa shape index (κ1) is 16.2. The summed E-state index contributed by atoms with van der Waals surface area (Å²) in [4.78, 5) is 11.2. The van der Waals surface area contributed by atoms with E-state index in [9.17, 15) is 0 Å². The fraction of sp³-hybridized carbons (Fsp3) is 0.389. The molecule has 0 amide bonds. The van der Waals surface area contributed by atoms with Crippen LogP contribution in [0.1, 0.15) is 24.5 Å².